The van der Waals surface area contributed by atoms with Gasteiger partial charge in [-0.25, -0.2) is 0 Å². The summed E-state index contributed by atoms with van der Waals surface area (Å²) >= 11 is 0. The highest BCUT2D eigenvalue weighted by molar-refractivity contribution is 6.26. The third-order valence-electron chi connectivity index (χ3n) is 7.09. The van der Waals surface area contributed by atoms with E-state index in [9.17, 15) is 0 Å². The molecule has 6 aromatic rings. The van der Waals surface area contributed by atoms with E-state index in [0.29, 0.717) is 0 Å². The lowest BCUT2D eigenvalue weighted by Gasteiger charge is -2.35. The van der Waals surface area contributed by atoms with Gasteiger partial charge in [-0.15, -0.1) is 0 Å². The zero-order valence-electron chi connectivity index (χ0n) is 18.6. The monoisotopic (exact) mass is 426 g/mol. The lowest BCUT2D eigenvalue weighted by molar-refractivity contribution is 0.423. The fraction of sp³-hybridized carbons (Fsp3) is 0.0968. The molecule has 0 radical (unpaired) electrons. The molecule has 7 rings (SSSR count). The first-order valence-electron chi connectivity index (χ1n) is 11.4. The largest absolute Gasteiger partial charge is 0.457 e. The van der Waals surface area contributed by atoms with Crippen LogP contribution in [-0.4, -0.2) is 0 Å². The van der Waals surface area contributed by atoms with Gasteiger partial charge in [0, 0.05) is 38.1 Å². The minimum atomic E-state index is -0.172. The van der Waals surface area contributed by atoms with E-state index in [1.54, 1.807) is 0 Å². The fourth-order valence-electron chi connectivity index (χ4n) is 5.45. The van der Waals surface area contributed by atoms with Crippen LogP contribution in [0.15, 0.2) is 97.1 Å². The molecule has 0 unspecified atom stereocenters. The summed E-state index contributed by atoms with van der Waals surface area (Å²) in [4.78, 5) is 0. The standard InChI is InChI=1S/C31H22O2/c1-31(2)24-13-6-7-14-26(24)33-30-23-16-15-19-9-8-12-22-27(32-21-10-4-3-5-11-21)18-20(17-25(30)31)29(23)28(19)22/h3-18H,1-2H3. The van der Waals surface area contributed by atoms with Crippen LogP contribution in [0.25, 0.3) is 32.3 Å². The van der Waals surface area contributed by atoms with Crippen LogP contribution in [-0.2, 0) is 5.41 Å². The molecule has 0 saturated heterocycles. The zero-order chi connectivity index (χ0) is 22.2. The molecule has 0 amide bonds. The Kier molecular flexibility index (Phi) is 3.64. The third kappa shape index (κ3) is 2.55. The molecule has 0 N–H and O–H groups in total. The average molecular weight is 427 g/mol. The first kappa shape index (κ1) is 18.5. The lowest BCUT2D eigenvalue weighted by Crippen LogP contribution is -2.24. The maximum absolute atomic E-state index is 6.56. The summed E-state index contributed by atoms with van der Waals surface area (Å²) in [5.74, 6) is 3.63. The second-order valence-corrected chi connectivity index (χ2v) is 9.38. The van der Waals surface area contributed by atoms with Crippen molar-refractivity contribution >= 4 is 32.3 Å². The summed E-state index contributed by atoms with van der Waals surface area (Å²) < 4.78 is 13.0. The van der Waals surface area contributed by atoms with Crippen molar-refractivity contribution in [2.24, 2.45) is 0 Å². The average Bonchev–Trinajstić information content (AvgIpc) is 2.84. The highest BCUT2D eigenvalue weighted by Crippen LogP contribution is 2.53. The van der Waals surface area contributed by atoms with Crippen molar-refractivity contribution < 1.29 is 9.47 Å². The van der Waals surface area contributed by atoms with E-state index in [1.165, 1.54) is 32.7 Å². The van der Waals surface area contributed by atoms with E-state index in [-0.39, 0.29) is 5.41 Å². The molecule has 0 atom stereocenters. The Morgan fingerprint density at radius 3 is 2.30 bits per heavy atom. The van der Waals surface area contributed by atoms with E-state index in [0.717, 1.165) is 33.8 Å². The van der Waals surface area contributed by atoms with Crippen LogP contribution < -0.4 is 9.47 Å². The molecule has 2 nitrogen and oxygen atoms in total. The Morgan fingerprint density at radius 1 is 0.636 bits per heavy atom. The highest BCUT2D eigenvalue weighted by atomic mass is 16.5. The van der Waals surface area contributed by atoms with Crippen LogP contribution in [0.5, 0.6) is 23.0 Å². The number of hydrogen-bond donors (Lipinski definition) is 0. The molecular weight excluding hydrogens is 404 g/mol. The molecule has 33 heavy (non-hydrogen) atoms. The Labute approximate surface area is 192 Å². The number of benzene rings is 6. The maximum Gasteiger partial charge on any atom is 0.139 e. The quantitative estimate of drug-likeness (QED) is 0.258. The van der Waals surface area contributed by atoms with Crippen LogP contribution in [0.2, 0.25) is 0 Å². The first-order valence-corrected chi connectivity index (χ1v) is 11.4. The topological polar surface area (TPSA) is 18.5 Å². The molecule has 2 heteroatoms. The Balaban J connectivity index is 1.58. The van der Waals surface area contributed by atoms with Gasteiger partial charge in [0.1, 0.15) is 23.0 Å². The van der Waals surface area contributed by atoms with Gasteiger partial charge < -0.3 is 9.47 Å². The predicted octanol–water partition coefficient (Wildman–Crippen LogP) is 8.81. The molecule has 0 aliphatic carbocycles. The third-order valence-corrected chi connectivity index (χ3v) is 7.09. The van der Waals surface area contributed by atoms with Crippen molar-refractivity contribution in [3.05, 3.63) is 108 Å². The van der Waals surface area contributed by atoms with Crippen LogP contribution in [0.1, 0.15) is 25.0 Å². The molecule has 1 aliphatic rings. The molecule has 0 saturated carbocycles. The van der Waals surface area contributed by atoms with E-state index in [1.807, 2.05) is 36.4 Å². The summed E-state index contributed by atoms with van der Waals surface area (Å²) in [6.07, 6.45) is 0. The molecule has 0 aromatic heterocycles. The number of fused-ring (bicyclic) bond motifs is 3. The van der Waals surface area contributed by atoms with Crippen molar-refractivity contribution in [2.45, 2.75) is 19.3 Å². The SMILES string of the molecule is CC1(C)c2ccccc2Oc2c1cc1cc(Oc3ccccc3)c3cccc4ccc2c1c43. The highest BCUT2D eigenvalue weighted by Gasteiger charge is 2.35. The van der Waals surface area contributed by atoms with E-state index < -0.39 is 0 Å². The summed E-state index contributed by atoms with van der Waals surface area (Å²) in [6, 6.07) is 33.7. The molecule has 158 valence electrons. The van der Waals surface area contributed by atoms with Gasteiger partial charge >= 0.3 is 0 Å². The molecule has 0 bridgehead atoms. The van der Waals surface area contributed by atoms with Crippen LogP contribution in [0.4, 0.5) is 0 Å². The van der Waals surface area contributed by atoms with Gasteiger partial charge in [0.05, 0.1) is 0 Å². The minimum absolute atomic E-state index is 0.172. The number of para-hydroxylation sites is 2. The Hall–Kier alpha value is -4.04. The van der Waals surface area contributed by atoms with Gasteiger partial charge in [0.15, 0.2) is 0 Å². The second kappa shape index (κ2) is 6.49. The number of hydrogen-bond acceptors (Lipinski definition) is 2. The summed E-state index contributed by atoms with van der Waals surface area (Å²) in [7, 11) is 0. The molecule has 6 aromatic carbocycles. The van der Waals surface area contributed by atoms with E-state index >= 15 is 0 Å². The smallest absolute Gasteiger partial charge is 0.139 e. The molecular formula is C31H22O2. The van der Waals surface area contributed by atoms with Crippen molar-refractivity contribution in [3.8, 4) is 23.0 Å². The number of ether oxygens (including phenoxy) is 2. The van der Waals surface area contributed by atoms with Crippen molar-refractivity contribution in [3.63, 3.8) is 0 Å². The zero-order valence-corrected chi connectivity index (χ0v) is 18.6. The Morgan fingerprint density at radius 2 is 1.42 bits per heavy atom. The van der Waals surface area contributed by atoms with Crippen molar-refractivity contribution in [2.75, 3.05) is 0 Å². The van der Waals surface area contributed by atoms with Gasteiger partial charge in [-0.1, -0.05) is 74.5 Å². The summed E-state index contributed by atoms with van der Waals surface area (Å²) in [5, 5.41) is 7.11. The number of rotatable bonds is 2. The fourth-order valence-corrected chi connectivity index (χ4v) is 5.45. The molecule has 0 fully saturated rings. The second-order valence-electron chi connectivity index (χ2n) is 9.38. The first-order chi connectivity index (χ1) is 16.1. The van der Waals surface area contributed by atoms with Crippen molar-refractivity contribution in [1.29, 1.82) is 0 Å². The molecule has 1 aliphatic heterocycles. The summed E-state index contributed by atoms with van der Waals surface area (Å²) in [5.41, 5.74) is 2.25. The van der Waals surface area contributed by atoms with E-state index in [4.69, 9.17) is 9.47 Å². The predicted molar refractivity (Wildman–Crippen MR) is 135 cm³/mol. The van der Waals surface area contributed by atoms with Gasteiger partial charge in [-0.2, -0.15) is 0 Å². The maximum atomic E-state index is 6.56. The van der Waals surface area contributed by atoms with Crippen LogP contribution in [0.3, 0.4) is 0 Å². The molecule has 1 heterocycles. The van der Waals surface area contributed by atoms with Crippen LogP contribution >= 0.6 is 0 Å². The lowest BCUT2D eigenvalue weighted by atomic mass is 9.74. The minimum Gasteiger partial charge on any atom is -0.457 e. The van der Waals surface area contributed by atoms with Gasteiger partial charge in [-0.3, -0.25) is 0 Å². The van der Waals surface area contributed by atoms with E-state index in [2.05, 4.69) is 74.5 Å². The van der Waals surface area contributed by atoms with Gasteiger partial charge in [-0.05, 0) is 47.2 Å². The van der Waals surface area contributed by atoms with Crippen molar-refractivity contribution in [1.82, 2.24) is 0 Å². The molecule has 0 spiro atoms. The van der Waals surface area contributed by atoms with Gasteiger partial charge in [0.2, 0.25) is 0 Å². The Bertz CT molecular complexity index is 1680. The normalized spacial score (nSPS) is 14.2. The van der Waals surface area contributed by atoms with Gasteiger partial charge in [0.25, 0.3) is 0 Å². The van der Waals surface area contributed by atoms with Crippen LogP contribution in [0, 0.1) is 0 Å². The summed E-state index contributed by atoms with van der Waals surface area (Å²) in [6.45, 7) is 4.57.